The SMILES string of the molecule is CC(C)(N)C(Cl)c1ccccc1.Cl. The molecule has 1 aromatic carbocycles. The third-order valence-corrected chi connectivity index (χ3v) is 2.56. The van der Waals surface area contributed by atoms with Gasteiger partial charge in [-0.05, 0) is 19.4 Å². The Balaban J connectivity index is 0.00000144. The van der Waals surface area contributed by atoms with E-state index in [4.69, 9.17) is 17.3 Å². The van der Waals surface area contributed by atoms with Gasteiger partial charge in [0, 0.05) is 5.54 Å². The number of nitrogens with two attached hydrogens (primary N) is 1. The van der Waals surface area contributed by atoms with Gasteiger partial charge >= 0.3 is 0 Å². The van der Waals surface area contributed by atoms with E-state index in [0.29, 0.717) is 0 Å². The lowest BCUT2D eigenvalue weighted by molar-refractivity contribution is 0.500. The average molecular weight is 220 g/mol. The van der Waals surface area contributed by atoms with Gasteiger partial charge < -0.3 is 5.73 Å². The zero-order valence-corrected chi connectivity index (χ0v) is 9.40. The van der Waals surface area contributed by atoms with Crippen molar-refractivity contribution in [3.63, 3.8) is 0 Å². The molecular weight excluding hydrogens is 205 g/mol. The first-order valence-corrected chi connectivity index (χ1v) is 4.43. The zero-order chi connectivity index (χ0) is 9.19. The molecule has 0 spiro atoms. The molecule has 0 aliphatic rings. The van der Waals surface area contributed by atoms with E-state index in [1.807, 2.05) is 44.2 Å². The van der Waals surface area contributed by atoms with Gasteiger partial charge in [0.05, 0.1) is 5.38 Å². The third kappa shape index (κ3) is 3.55. The summed E-state index contributed by atoms with van der Waals surface area (Å²) in [6.45, 7) is 3.86. The molecule has 1 unspecified atom stereocenters. The first kappa shape index (κ1) is 12.8. The quantitative estimate of drug-likeness (QED) is 0.761. The smallest absolute Gasteiger partial charge is 0.0759 e. The second kappa shape index (κ2) is 4.85. The number of benzene rings is 1. The van der Waals surface area contributed by atoms with Gasteiger partial charge in [0.2, 0.25) is 0 Å². The molecule has 0 aliphatic heterocycles. The third-order valence-electron chi connectivity index (χ3n) is 1.75. The molecule has 0 saturated heterocycles. The van der Waals surface area contributed by atoms with Crippen molar-refractivity contribution in [3.8, 4) is 0 Å². The van der Waals surface area contributed by atoms with Gasteiger partial charge in [0.15, 0.2) is 0 Å². The second-order valence-corrected chi connectivity index (χ2v) is 4.03. The summed E-state index contributed by atoms with van der Waals surface area (Å²) in [7, 11) is 0. The maximum atomic E-state index is 6.16. The summed E-state index contributed by atoms with van der Waals surface area (Å²) in [4.78, 5) is 0. The molecule has 1 nitrogen and oxygen atoms in total. The average Bonchev–Trinajstić information content (AvgIpc) is 2.03. The molecule has 0 aromatic heterocycles. The predicted molar refractivity (Wildman–Crippen MR) is 60.6 cm³/mol. The van der Waals surface area contributed by atoms with E-state index in [9.17, 15) is 0 Å². The Bertz CT molecular complexity index is 241. The monoisotopic (exact) mass is 219 g/mol. The van der Waals surface area contributed by atoms with Crippen molar-refractivity contribution >= 4 is 24.0 Å². The molecule has 2 N–H and O–H groups in total. The Hall–Kier alpha value is -0.240. The molecule has 0 heterocycles. The topological polar surface area (TPSA) is 26.0 Å². The standard InChI is InChI=1S/C10H14ClN.ClH/c1-10(2,12)9(11)8-6-4-3-5-7-8;/h3-7,9H,12H2,1-2H3;1H. The number of rotatable bonds is 2. The van der Waals surface area contributed by atoms with Crippen LogP contribution in [0.2, 0.25) is 0 Å². The summed E-state index contributed by atoms with van der Waals surface area (Å²) in [6, 6.07) is 9.89. The fraction of sp³-hybridized carbons (Fsp3) is 0.400. The molecule has 0 amide bonds. The molecule has 0 bridgehead atoms. The zero-order valence-electron chi connectivity index (χ0n) is 7.83. The van der Waals surface area contributed by atoms with Crippen LogP contribution in [-0.2, 0) is 0 Å². The van der Waals surface area contributed by atoms with Gasteiger partial charge in [-0.1, -0.05) is 30.3 Å². The fourth-order valence-corrected chi connectivity index (χ4v) is 1.20. The lowest BCUT2D eigenvalue weighted by atomic mass is 9.96. The molecule has 3 heteroatoms. The molecular formula is C10H15Cl2N. The molecule has 0 fully saturated rings. The Morgan fingerprint density at radius 2 is 1.69 bits per heavy atom. The van der Waals surface area contributed by atoms with E-state index in [1.54, 1.807) is 0 Å². The summed E-state index contributed by atoms with van der Waals surface area (Å²) >= 11 is 6.16. The summed E-state index contributed by atoms with van der Waals surface area (Å²) in [5.41, 5.74) is 6.58. The van der Waals surface area contributed by atoms with Crippen LogP contribution >= 0.6 is 24.0 Å². The predicted octanol–water partition coefficient (Wildman–Crippen LogP) is 3.13. The Kier molecular flexibility index (Phi) is 4.76. The summed E-state index contributed by atoms with van der Waals surface area (Å²) in [5, 5.41) is -0.126. The van der Waals surface area contributed by atoms with Gasteiger partial charge in [-0.15, -0.1) is 24.0 Å². The fourth-order valence-electron chi connectivity index (χ4n) is 1.05. The van der Waals surface area contributed by atoms with Crippen molar-refractivity contribution < 1.29 is 0 Å². The van der Waals surface area contributed by atoms with Crippen LogP contribution in [0.4, 0.5) is 0 Å². The highest BCUT2D eigenvalue weighted by Gasteiger charge is 2.23. The lowest BCUT2D eigenvalue weighted by Gasteiger charge is -2.25. The van der Waals surface area contributed by atoms with Crippen LogP contribution in [0.5, 0.6) is 0 Å². The van der Waals surface area contributed by atoms with Crippen molar-refractivity contribution in [3.05, 3.63) is 35.9 Å². The number of alkyl halides is 1. The summed E-state index contributed by atoms with van der Waals surface area (Å²) < 4.78 is 0. The maximum absolute atomic E-state index is 6.16. The van der Waals surface area contributed by atoms with Crippen LogP contribution in [0.25, 0.3) is 0 Å². The molecule has 1 aromatic rings. The van der Waals surface area contributed by atoms with Crippen LogP contribution in [0.3, 0.4) is 0 Å². The second-order valence-electron chi connectivity index (χ2n) is 3.59. The Labute approximate surface area is 90.7 Å². The number of hydrogen-bond donors (Lipinski definition) is 1. The van der Waals surface area contributed by atoms with Crippen LogP contribution in [0.15, 0.2) is 30.3 Å². The van der Waals surface area contributed by atoms with Gasteiger partial charge in [0.1, 0.15) is 0 Å². The van der Waals surface area contributed by atoms with Crippen LogP contribution < -0.4 is 5.73 Å². The summed E-state index contributed by atoms with van der Waals surface area (Å²) in [5.74, 6) is 0. The van der Waals surface area contributed by atoms with E-state index in [2.05, 4.69) is 0 Å². The maximum Gasteiger partial charge on any atom is 0.0759 e. The van der Waals surface area contributed by atoms with Gasteiger partial charge in [0.25, 0.3) is 0 Å². The van der Waals surface area contributed by atoms with Crippen molar-refractivity contribution in [1.82, 2.24) is 0 Å². The molecule has 1 atom stereocenters. The van der Waals surface area contributed by atoms with Crippen LogP contribution in [0.1, 0.15) is 24.8 Å². The molecule has 13 heavy (non-hydrogen) atoms. The first-order chi connectivity index (χ1) is 5.52. The van der Waals surface area contributed by atoms with Crippen molar-refractivity contribution in [2.45, 2.75) is 24.8 Å². The van der Waals surface area contributed by atoms with Crippen molar-refractivity contribution in [2.75, 3.05) is 0 Å². The van der Waals surface area contributed by atoms with E-state index in [1.165, 1.54) is 0 Å². The van der Waals surface area contributed by atoms with Crippen LogP contribution in [0, 0.1) is 0 Å². The van der Waals surface area contributed by atoms with Gasteiger partial charge in [-0.2, -0.15) is 0 Å². The number of halogens is 2. The minimum atomic E-state index is -0.372. The van der Waals surface area contributed by atoms with E-state index >= 15 is 0 Å². The van der Waals surface area contributed by atoms with E-state index in [0.717, 1.165) is 5.56 Å². The highest BCUT2D eigenvalue weighted by atomic mass is 35.5. The molecule has 0 saturated carbocycles. The van der Waals surface area contributed by atoms with Crippen LogP contribution in [-0.4, -0.2) is 5.54 Å². The number of hydrogen-bond acceptors (Lipinski definition) is 1. The minimum absolute atomic E-state index is 0. The van der Waals surface area contributed by atoms with E-state index < -0.39 is 0 Å². The minimum Gasteiger partial charge on any atom is -0.324 e. The normalized spacial score (nSPS) is 13.2. The van der Waals surface area contributed by atoms with Crippen molar-refractivity contribution in [2.24, 2.45) is 5.73 Å². The molecule has 0 aliphatic carbocycles. The highest BCUT2D eigenvalue weighted by Crippen LogP contribution is 2.29. The highest BCUT2D eigenvalue weighted by molar-refractivity contribution is 6.21. The van der Waals surface area contributed by atoms with Gasteiger partial charge in [-0.3, -0.25) is 0 Å². The molecule has 1 rings (SSSR count). The lowest BCUT2D eigenvalue weighted by Crippen LogP contribution is -2.36. The Morgan fingerprint density at radius 1 is 1.23 bits per heavy atom. The molecule has 74 valence electrons. The largest absolute Gasteiger partial charge is 0.324 e. The van der Waals surface area contributed by atoms with E-state index in [-0.39, 0.29) is 23.3 Å². The first-order valence-electron chi connectivity index (χ1n) is 3.99. The molecule has 0 radical (unpaired) electrons. The summed E-state index contributed by atoms with van der Waals surface area (Å²) in [6.07, 6.45) is 0. The van der Waals surface area contributed by atoms with Crippen molar-refractivity contribution in [1.29, 1.82) is 0 Å². The van der Waals surface area contributed by atoms with Gasteiger partial charge in [-0.25, -0.2) is 0 Å². The Morgan fingerprint density at radius 3 is 2.08 bits per heavy atom.